The first-order valence-electron chi connectivity index (χ1n) is 9.56. The van der Waals surface area contributed by atoms with Gasteiger partial charge >= 0.3 is 0 Å². The summed E-state index contributed by atoms with van der Waals surface area (Å²) >= 11 is 0.916. The molecule has 1 saturated heterocycles. The number of hydrogen-bond donors (Lipinski definition) is 1. The van der Waals surface area contributed by atoms with Gasteiger partial charge in [-0.1, -0.05) is 36.4 Å². The van der Waals surface area contributed by atoms with Gasteiger partial charge in [0.15, 0.2) is 11.5 Å². The largest absolute Gasteiger partial charge is 0.454 e. The number of aryl methyl sites for hydroxylation is 1. The molecule has 154 valence electrons. The summed E-state index contributed by atoms with van der Waals surface area (Å²) in [4.78, 5) is 38.3. The van der Waals surface area contributed by atoms with Crippen LogP contribution in [0.15, 0.2) is 53.4 Å². The van der Waals surface area contributed by atoms with E-state index in [2.05, 4.69) is 5.32 Å². The zero-order valence-corrected chi connectivity index (χ0v) is 16.9. The summed E-state index contributed by atoms with van der Waals surface area (Å²) in [5, 5.41) is 2.45. The van der Waals surface area contributed by atoms with E-state index in [1.165, 1.54) is 0 Å². The fourth-order valence-corrected chi connectivity index (χ4v) is 4.01. The molecule has 8 heteroatoms. The van der Waals surface area contributed by atoms with Gasteiger partial charge in [0.25, 0.3) is 11.1 Å². The number of fused-ring (bicyclic) bond motifs is 1. The van der Waals surface area contributed by atoms with Crippen molar-refractivity contribution >= 4 is 34.9 Å². The maximum atomic E-state index is 12.5. The molecule has 0 radical (unpaired) electrons. The van der Waals surface area contributed by atoms with Crippen molar-refractivity contribution in [3.05, 3.63) is 64.6 Å². The van der Waals surface area contributed by atoms with Gasteiger partial charge < -0.3 is 14.8 Å². The second kappa shape index (κ2) is 9.04. The average molecular weight is 424 g/mol. The maximum absolute atomic E-state index is 12.5. The number of carbonyl (C=O) groups is 3. The molecule has 30 heavy (non-hydrogen) atoms. The van der Waals surface area contributed by atoms with E-state index in [9.17, 15) is 14.4 Å². The van der Waals surface area contributed by atoms with E-state index in [0.717, 1.165) is 27.8 Å². The molecule has 0 aliphatic carbocycles. The van der Waals surface area contributed by atoms with Gasteiger partial charge in [-0.2, -0.15) is 0 Å². The lowest BCUT2D eigenvalue weighted by Gasteiger charge is -2.13. The fraction of sp³-hybridized carbons (Fsp3) is 0.227. The highest BCUT2D eigenvalue weighted by Crippen LogP contribution is 2.33. The topological polar surface area (TPSA) is 84.9 Å². The van der Waals surface area contributed by atoms with Gasteiger partial charge in [0.2, 0.25) is 12.7 Å². The Labute approximate surface area is 178 Å². The number of benzene rings is 2. The molecular weight excluding hydrogens is 404 g/mol. The second-order valence-corrected chi connectivity index (χ2v) is 7.77. The van der Waals surface area contributed by atoms with Crippen LogP contribution in [0.25, 0.3) is 6.08 Å². The van der Waals surface area contributed by atoms with Gasteiger partial charge in [-0.05, 0) is 47.5 Å². The van der Waals surface area contributed by atoms with Crippen molar-refractivity contribution in [2.45, 2.75) is 12.8 Å². The molecule has 4 rings (SSSR count). The van der Waals surface area contributed by atoms with E-state index in [0.29, 0.717) is 29.2 Å². The molecule has 0 saturated carbocycles. The third kappa shape index (κ3) is 4.65. The number of imide groups is 1. The molecule has 3 amide bonds. The van der Waals surface area contributed by atoms with Crippen LogP contribution in [0.1, 0.15) is 17.5 Å². The van der Waals surface area contributed by atoms with Gasteiger partial charge in [-0.15, -0.1) is 0 Å². The molecule has 2 aromatic rings. The standard InChI is InChI=1S/C22H20N2O5S/c25-20(9-7-16-6-8-17-18(12-16)29-14-28-17)23-10-11-24-21(26)19(30-22(24)27)13-15-4-2-1-3-5-15/h1-6,8,12-13H,7,9-11,14H2,(H,23,25)/b19-13-. The summed E-state index contributed by atoms with van der Waals surface area (Å²) in [7, 11) is 0. The summed E-state index contributed by atoms with van der Waals surface area (Å²) in [5.41, 5.74) is 1.84. The van der Waals surface area contributed by atoms with Crippen LogP contribution >= 0.6 is 11.8 Å². The van der Waals surface area contributed by atoms with Gasteiger partial charge in [-0.25, -0.2) is 0 Å². The van der Waals surface area contributed by atoms with E-state index in [1.807, 2.05) is 48.5 Å². The normalized spacial score (nSPS) is 16.4. The van der Waals surface area contributed by atoms with Crippen LogP contribution in [-0.2, 0) is 16.0 Å². The first-order chi connectivity index (χ1) is 14.6. The highest BCUT2D eigenvalue weighted by atomic mass is 32.2. The third-order valence-electron chi connectivity index (χ3n) is 4.71. The van der Waals surface area contributed by atoms with E-state index >= 15 is 0 Å². The zero-order valence-electron chi connectivity index (χ0n) is 16.1. The van der Waals surface area contributed by atoms with Crippen molar-refractivity contribution in [2.75, 3.05) is 19.9 Å². The van der Waals surface area contributed by atoms with Crippen LogP contribution in [-0.4, -0.2) is 41.8 Å². The van der Waals surface area contributed by atoms with E-state index < -0.39 is 0 Å². The number of amides is 3. The molecule has 0 bridgehead atoms. The fourth-order valence-electron chi connectivity index (χ4n) is 3.14. The summed E-state index contributed by atoms with van der Waals surface area (Å²) in [6.45, 7) is 0.580. The van der Waals surface area contributed by atoms with Crippen molar-refractivity contribution in [1.29, 1.82) is 0 Å². The Kier molecular flexibility index (Phi) is 6.04. The SMILES string of the molecule is O=C(CCc1ccc2c(c1)OCO2)NCCN1C(=O)S/C(=C\c2ccccc2)C1=O. The van der Waals surface area contributed by atoms with Crippen LogP contribution in [0, 0.1) is 0 Å². The Morgan fingerprint density at radius 3 is 2.73 bits per heavy atom. The van der Waals surface area contributed by atoms with Crippen molar-refractivity contribution in [1.82, 2.24) is 10.2 Å². The van der Waals surface area contributed by atoms with Crippen molar-refractivity contribution < 1.29 is 23.9 Å². The van der Waals surface area contributed by atoms with Crippen molar-refractivity contribution in [3.8, 4) is 11.5 Å². The molecule has 0 atom stereocenters. The molecule has 1 fully saturated rings. The highest BCUT2D eigenvalue weighted by molar-refractivity contribution is 8.18. The van der Waals surface area contributed by atoms with Crippen LogP contribution in [0.2, 0.25) is 0 Å². The quantitative estimate of drug-likeness (QED) is 0.687. The van der Waals surface area contributed by atoms with Crippen molar-refractivity contribution in [3.63, 3.8) is 0 Å². The van der Waals surface area contributed by atoms with Crippen LogP contribution in [0.5, 0.6) is 11.5 Å². The van der Waals surface area contributed by atoms with Gasteiger partial charge in [0, 0.05) is 19.5 Å². The summed E-state index contributed by atoms with van der Waals surface area (Å²) in [6.07, 6.45) is 2.56. The zero-order chi connectivity index (χ0) is 20.9. The van der Waals surface area contributed by atoms with E-state index in [1.54, 1.807) is 6.08 Å². The minimum absolute atomic E-state index is 0.139. The number of ether oxygens (including phenoxy) is 2. The predicted molar refractivity (Wildman–Crippen MR) is 113 cm³/mol. The first kappa shape index (κ1) is 20.0. The lowest BCUT2D eigenvalue weighted by molar-refractivity contribution is -0.124. The number of hydrogen-bond acceptors (Lipinski definition) is 6. The minimum Gasteiger partial charge on any atom is -0.454 e. The smallest absolute Gasteiger partial charge is 0.293 e. The molecule has 0 spiro atoms. The molecule has 2 aromatic carbocycles. The van der Waals surface area contributed by atoms with E-state index in [-0.39, 0.29) is 36.9 Å². The van der Waals surface area contributed by atoms with Gasteiger partial charge in [-0.3, -0.25) is 19.3 Å². The predicted octanol–water partition coefficient (Wildman–Crippen LogP) is 3.20. The Balaban J connectivity index is 1.24. The Morgan fingerprint density at radius 2 is 1.90 bits per heavy atom. The van der Waals surface area contributed by atoms with Crippen LogP contribution < -0.4 is 14.8 Å². The molecule has 1 N–H and O–H groups in total. The molecule has 2 heterocycles. The molecule has 7 nitrogen and oxygen atoms in total. The summed E-state index contributed by atoms with van der Waals surface area (Å²) < 4.78 is 10.6. The molecule has 0 unspecified atom stereocenters. The molecule has 2 aliphatic heterocycles. The number of nitrogens with zero attached hydrogens (tertiary/aromatic N) is 1. The van der Waals surface area contributed by atoms with Gasteiger partial charge in [0.05, 0.1) is 4.91 Å². The lowest BCUT2D eigenvalue weighted by Crippen LogP contribution is -2.37. The van der Waals surface area contributed by atoms with Crippen molar-refractivity contribution in [2.24, 2.45) is 0 Å². The number of nitrogens with one attached hydrogen (secondary N) is 1. The van der Waals surface area contributed by atoms with Crippen LogP contribution in [0.3, 0.4) is 0 Å². The second-order valence-electron chi connectivity index (χ2n) is 6.78. The molecule has 2 aliphatic rings. The van der Waals surface area contributed by atoms with Crippen LogP contribution in [0.4, 0.5) is 4.79 Å². The highest BCUT2D eigenvalue weighted by Gasteiger charge is 2.34. The lowest BCUT2D eigenvalue weighted by atomic mass is 10.1. The maximum Gasteiger partial charge on any atom is 0.293 e. The van der Waals surface area contributed by atoms with E-state index in [4.69, 9.17) is 9.47 Å². The monoisotopic (exact) mass is 424 g/mol. The molecule has 0 aromatic heterocycles. The van der Waals surface area contributed by atoms with Gasteiger partial charge in [0.1, 0.15) is 0 Å². The molecular formula is C22H20N2O5S. The number of carbonyl (C=O) groups excluding carboxylic acids is 3. The first-order valence-corrected chi connectivity index (χ1v) is 10.4. The number of thioether (sulfide) groups is 1. The number of rotatable bonds is 7. The summed E-state index contributed by atoms with van der Waals surface area (Å²) in [5.74, 6) is 0.931. The minimum atomic E-state index is -0.330. The Hall–Kier alpha value is -3.26. The third-order valence-corrected chi connectivity index (χ3v) is 5.61. The summed E-state index contributed by atoms with van der Waals surface area (Å²) in [6, 6.07) is 15.0. The average Bonchev–Trinajstić information content (AvgIpc) is 3.32. The Morgan fingerprint density at radius 1 is 1.10 bits per heavy atom. The Bertz CT molecular complexity index is 1010.